The van der Waals surface area contributed by atoms with E-state index in [1.807, 2.05) is 24.3 Å². The average Bonchev–Trinajstić information content (AvgIpc) is 3.48. The minimum absolute atomic E-state index is 0.0126. The predicted molar refractivity (Wildman–Crippen MR) is 126 cm³/mol. The molecular formula is C26H26N2O5. The van der Waals surface area contributed by atoms with Crippen LogP contribution in [0.25, 0.3) is 0 Å². The first-order valence-corrected chi connectivity index (χ1v) is 10.8. The molecule has 7 heteroatoms. The lowest BCUT2D eigenvalue weighted by Crippen LogP contribution is -2.31. The molecule has 1 atom stereocenters. The molecule has 1 aromatic heterocycles. The molecule has 2 heterocycles. The highest BCUT2D eigenvalue weighted by Gasteiger charge is 2.45. The van der Waals surface area contributed by atoms with Crippen LogP contribution in [0, 0.1) is 0 Å². The Kier molecular flexibility index (Phi) is 6.22. The number of carbonyl (C=O) groups excluding carboxylic acids is 2. The van der Waals surface area contributed by atoms with E-state index in [2.05, 4.69) is 18.7 Å². The fourth-order valence-corrected chi connectivity index (χ4v) is 4.16. The van der Waals surface area contributed by atoms with Crippen LogP contribution < -0.4 is 14.5 Å². The van der Waals surface area contributed by atoms with Gasteiger partial charge in [0.2, 0.25) is 5.78 Å². The first-order chi connectivity index (χ1) is 16.0. The van der Waals surface area contributed by atoms with E-state index >= 15 is 0 Å². The number of furan rings is 1. The van der Waals surface area contributed by atoms with Crippen LogP contribution in [0.3, 0.4) is 0 Å². The van der Waals surface area contributed by atoms with Gasteiger partial charge in [0.15, 0.2) is 11.5 Å². The smallest absolute Gasteiger partial charge is 0.294 e. The Bertz CT molecular complexity index is 1160. The number of carbonyl (C=O) groups is 2. The molecule has 3 aromatic rings. The number of nitrogens with zero attached hydrogens (tertiary/aromatic N) is 2. The number of anilines is 2. The fraction of sp³-hybridized carbons (Fsp3) is 0.231. The van der Waals surface area contributed by atoms with Gasteiger partial charge in [-0.15, -0.1) is 0 Å². The van der Waals surface area contributed by atoms with Crippen molar-refractivity contribution in [3.05, 3.63) is 89.6 Å². The van der Waals surface area contributed by atoms with Gasteiger partial charge in [0.05, 0.1) is 25.0 Å². The Labute approximate surface area is 192 Å². The van der Waals surface area contributed by atoms with Gasteiger partial charge >= 0.3 is 0 Å². The van der Waals surface area contributed by atoms with Crippen LogP contribution in [-0.4, -0.2) is 37.0 Å². The lowest BCUT2D eigenvalue weighted by Gasteiger charge is -2.28. The number of benzene rings is 2. The van der Waals surface area contributed by atoms with Gasteiger partial charge in [-0.3, -0.25) is 14.5 Å². The van der Waals surface area contributed by atoms with E-state index in [1.165, 1.54) is 17.2 Å². The molecule has 1 unspecified atom stereocenters. The molecule has 0 radical (unpaired) electrons. The van der Waals surface area contributed by atoms with Crippen LogP contribution in [0.15, 0.2) is 82.7 Å². The van der Waals surface area contributed by atoms with E-state index in [4.69, 9.17) is 9.15 Å². The van der Waals surface area contributed by atoms with E-state index in [-0.39, 0.29) is 11.3 Å². The highest BCUT2D eigenvalue weighted by molar-refractivity contribution is 6.20. The lowest BCUT2D eigenvalue weighted by molar-refractivity contribution is -0.117. The number of aliphatic hydroxyl groups is 1. The standard InChI is InChI=1S/C26H26N2O5/c1-4-27(5-2)18-10-8-17(9-11-18)23-22(24(29)21-7-6-16-33-21)25(30)26(31)28(23)19-12-14-20(32-3)15-13-19/h6-16,23,30H,4-5H2,1-3H3. The van der Waals surface area contributed by atoms with Gasteiger partial charge in [-0.2, -0.15) is 0 Å². The number of rotatable bonds is 8. The highest BCUT2D eigenvalue weighted by Crippen LogP contribution is 2.42. The van der Waals surface area contributed by atoms with Crippen LogP contribution >= 0.6 is 0 Å². The van der Waals surface area contributed by atoms with Crippen molar-refractivity contribution in [1.82, 2.24) is 0 Å². The molecule has 2 aromatic carbocycles. The zero-order valence-electron chi connectivity index (χ0n) is 18.8. The number of Topliss-reactive ketones (excluding diaryl/α,β-unsaturated/α-hetero) is 1. The fourth-order valence-electron chi connectivity index (χ4n) is 4.16. The van der Waals surface area contributed by atoms with Crippen molar-refractivity contribution in [2.24, 2.45) is 0 Å². The molecule has 170 valence electrons. The van der Waals surface area contributed by atoms with E-state index in [9.17, 15) is 14.7 Å². The van der Waals surface area contributed by atoms with Gasteiger partial charge in [-0.25, -0.2) is 0 Å². The molecule has 0 bridgehead atoms. The molecule has 0 aliphatic carbocycles. The molecule has 4 rings (SSSR count). The van der Waals surface area contributed by atoms with Crippen LogP contribution in [0.4, 0.5) is 11.4 Å². The van der Waals surface area contributed by atoms with Crippen LogP contribution in [-0.2, 0) is 4.79 Å². The zero-order chi connectivity index (χ0) is 23.5. The van der Waals surface area contributed by atoms with E-state index < -0.39 is 23.5 Å². The Hall–Kier alpha value is -4.00. The molecule has 0 fully saturated rings. The summed E-state index contributed by atoms with van der Waals surface area (Å²) in [5, 5.41) is 10.8. The molecule has 1 amide bonds. The quantitative estimate of drug-likeness (QED) is 0.495. The Morgan fingerprint density at radius 3 is 2.27 bits per heavy atom. The monoisotopic (exact) mass is 446 g/mol. The minimum atomic E-state index is -0.811. The molecular weight excluding hydrogens is 420 g/mol. The SMILES string of the molecule is CCN(CC)c1ccc(C2C(C(=O)c3ccco3)=C(O)C(=O)N2c2ccc(OC)cc2)cc1. The first kappa shape index (κ1) is 22.2. The maximum atomic E-state index is 13.3. The van der Waals surface area contributed by atoms with Gasteiger partial charge in [-0.05, 0) is 67.9 Å². The van der Waals surface area contributed by atoms with Crippen molar-refractivity contribution in [2.75, 3.05) is 30.0 Å². The minimum Gasteiger partial charge on any atom is -0.503 e. The summed E-state index contributed by atoms with van der Waals surface area (Å²) < 4.78 is 10.5. The number of amides is 1. The Morgan fingerprint density at radius 2 is 1.73 bits per heavy atom. The normalized spacial score (nSPS) is 15.8. The van der Waals surface area contributed by atoms with Crippen molar-refractivity contribution in [3.63, 3.8) is 0 Å². The molecule has 1 aliphatic heterocycles. The molecule has 0 saturated carbocycles. The topological polar surface area (TPSA) is 83.2 Å². The molecule has 7 nitrogen and oxygen atoms in total. The summed E-state index contributed by atoms with van der Waals surface area (Å²) in [6.45, 7) is 5.88. The maximum absolute atomic E-state index is 13.3. The van der Waals surface area contributed by atoms with Gasteiger partial charge < -0.3 is 19.2 Å². The second-order valence-corrected chi connectivity index (χ2v) is 7.61. The average molecular weight is 447 g/mol. The number of aliphatic hydroxyl groups excluding tert-OH is 1. The molecule has 1 aliphatic rings. The summed E-state index contributed by atoms with van der Waals surface area (Å²) in [6, 6.07) is 16.9. The summed E-state index contributed by atoms with van der Waals surface area (Å²) >= 11 is 0. The van der Waals surface area contributed by atoms with Crippen molar-refractivity contribution in [1.29, 1.82) is 0 Å². The number of hydrogen-bond acceptors (Lipinski definition) is 6. The zero-order valence-corrected chi connectivity index (χ0v) is 18.8. The second kappa shape index (κ2) is 9.24. The van der Waals surface area contributed by atoms with Crippen molar-refractivity contribution >= 4 is 23.1 Å². The van der Waals surface area contributed by atoms with Crippen molar-refractivity contribution in [2.45, 2.75) is 19.9 Å². The van der Waals surface area contributed by atoms with Gasteiger partial charge in [0.1, 0.15) is 5.75 Å². The molecule has 0 saturated heterocycles. The van der Waals surface area contributed by atoms with Gasteiger partial charge in [-0.1, -0.05) is 12.1 Å². The lowest BCUT2D eigenvalue weighted by atomic mass is 9.94. The third kappa shape index (κ3) is 3.98. The third-order valence-corrected chi connectivity index (χ3v) is 5.89. The number of hydrogen-bond donors (Lipinski definition) is 1. The summed E-state index contributed by atoms with van der Waals surface area (Å²) in [5.41, 5.74) is 2.26. The van der Waals surface area contributed by atoms with Gasteiger partial charge in [0.25, 0.3) is 5.91 Å². The molecule has 33 heavy (non-hydrogen) atoms. The van der Waals surface area contributed by atoms with Crippen LogP contribution in [0.5, 0.6) is 5.75 Å². The van der Waals surface area contributed by atoms with E-state index in [1.54, 1.807) is 37.4 Å². The van der Waals surface area contributed by atoms with E-state index in [0.29, 0.717) is 17.0 Å². The van der Waals surface area contributed by atoms with Gasteiger partial charge in [0, 0.05) is 24.5 Å². The molecule has 0 spiro atoms. The Morgan fingerprint density at radius 1 is 1.06 bits per heavy atom. The first-order valence-electron chi connectivity index (χ1n) is 10.8. The van der Waals surface area contributed by atoms with Crippen molar-refractivity contribution in [3.8, 4) is 5.75 Å². The summed E-state index contributed by atoms with van der Waals surface area (Å²) in [6.07, 6.45) is 1.39. The number of ether oxygens (including phenoxy) is 1. The summed E-state index contributed by atoms with van der Waals surface area (Å²) in [7, 11) is 1.56. The number of ketones is 1. The molecule has 1 N–H and O–H groups in total. The third-order valence-electron chi connectivity index (χ3n) is 5.89. The van der Waals surface area contributed by atoms with Crippen LogP contribution in [0.1, 0.15) is 36.0 Å². The van der Waals surface area contributed by atoms with Crippen molar-refractivity contribution < 1.29 is 23.8 Å². The maximum Gasteiger partial charge on any atom is 0.294 e. The second-order valence-electron chi connectivity index (χ2n) is 7.61. The number of methoxy groups -OCH3 is 1. The summed E-state index contributed by atoms with van der Waals surface area (Å²) in [5.74, 6) is -1.06. The van der Waals surface area contributed by atoms with Crippen LogP contribution in [0.2, 0.25) is 0 Å². The highest BCUT2D eigenvalue weighted by atomic mass is 16.5. The summed E-state index contributed by atoms with van der Waals surface area (Å²) in [4.78, 5) is 30.1. The predicted octanol–water partition coefficient (Wildman–Crippen LogP) is 4.92. The largest absolute Gasteiger partial charge is 0.503 e. The Balaban J connectivity index is 1.81. The van der Waals surface area contributed by atoms with E-state index in [0.717, 1.165) is 18.8 Å².